The molecule has 0 bridgehead atoms. The molecule has 4 aromatic carbocycles. The second-order valence-corrected chi connectivity index (χ2v) is 20.4. The van der Waals surface area contributed by atoms with E-state index in [9.17, 15) is 10.5 Å². The summed E-state index contributed by atoms with van der Waals surface area (Å²) in [4.78, 5) is 22.4. The molecule has 2 aliphatic heterocycles. The number of aromatic nitrogens is 4. The number of nitrogen functional groups attached to an aromatic ring is 1. The quantitative estimate of drug-likeness (QED) is 0.0707. The molecule has 2 aliphatic rings. The van der Waals surface area contributed by atoms with Gasteiger partial charge in [-0.1, -0.05) is 93.8 Å². The predicted octanol–water partition coefficient (Wildman–Crippen LogP) is 12.6. The first-order valence-corrected chi connectivity index (χ1v) is 26.1. The summed E-state index contributed by atoms with van der Waals surface area (Å²) in [5, 5.41) is 31.5. The Bertz CT molecular complexity index is 3150. The van der Waals surface area contributed by atoms with Gasteiger partial charge in [-0.05, 0) is 78.0 Å². The van der Waals surface area contributed by atoms with Gasteiger partial charge in [0.15, 0.2) is 20.8 Å². The van der Waals surface area contributed by atoms with Crippen molar-refractivity contribution < 1.29 is 9.47 Å². The zero-order chi connectivity index (χ0) is 49.0. The summed E-state index contributed by atoms with van der Waals surface area (Å²) in [6.45, 7) is 9.19. The lowest BCUT2D eigenvalue weighted by atomic mass is 10.2. The van der Waals surface area contributed by atoms with Crippen molar-refractivity contribution >= 4 is 141 Å². The third kappa shape index (κ3) is 13.5. The van der Waals surface area contributed by atoms with Crippen LogP contribution in [0.15, 0.2) is 102 Å². The van der Waals surface area contributed by atoms with Crippen LogP contribution in [-0.4, -0.2) is 88.6 Å². The molecule has 0 amide bonds. The number of nitriles is 2. The summed E-state index contributed by atoms with van der Waals surface area (Å²) in [6, 6.07) is 31.1. The smallest absolute Gasteiger partial charge is 0.189 e. The van der Waals surface area contributed by atoms with Crippen molar-refractivity contribution in [1.29, 1.82) is 10.5 Å². The number of rotatable bonds is 11. The fraction of sp³-hybridized carbons (Fsp3) is 0.224. The Kier molecular flexibility index (Phi) is 17.8. The van der Waals surface area contributed by atoms with E-state index in [1.54, 1.807) is 48.2 Å². The van der Waals surface area contributed by atoms with Crippen LogP contribution in [0.5, 0.6) is 0 Å². The van der Waals surface area contributed by atoms with Gasteiger partial charge in [0.1, 0.15) is 16.8 Å². The zero-order valence-corrected chi connectivity index (χ0v) is 43.0. The number of morpholine rings is 2. The van der Waals surface area contributed by atoms with Gasteiger partial charge in [-0.2, -0.15) is 15.5 Å². The molecule has 5 N–H and O–H groups in total. The van der Waals surface area contributed by atoms with Crippen molar-refractivity contribution in [3.63, 3.8) is 0 Å². The Balaban J connectivity index is 0.000000156. The molecule has 4 aromatic heterocycles. The predicted molar refractivity (Wildman–Crippen MR) is 288 cm³/mol. The van der Waals surface area contributed by atoms with Crippen LogP contribution in [0.3, 0.4) is 0 Å². The number of nitrogens with two attached hydrogens (primary N) is 1. The van der Waals surface area contributed by atoms with Gasteiger partial charge in [0.2, 0.25) is 0 Å². The molecule has 0 radical (unpaired) electrons. The third-order valence-corrected chi connectivity index (χ3v) is 14.9. The topological polar surface area (TPSA) is 186 Å². The number of thioether (sulfide) groups is 1. The van der Waals surface area contributed by atoms with E-state index in [1.165, 1.54) is 46.2 Å². The van der Waals surface area contributed by atoms with Crippen molar-refractivity contribution in [1.82, 2.24) is 29.7 Å². The summed E-state index contributed by atoms with van der Waals surface area (Å²) in [6.07, 6.45) is 4.98. The number of halogens is 4. The van der Waals surface area contributed by atoms with E-state index in [1.807, 2.05) is 30.5 Å². The molecule has 0 unspecified atom stereocenters. The first-order chi connectivity index (χ1) is 34.0. The standard InChI is InChI=1S/C24H20Cl2N6OS.C14H8Cl2N4S2.C11H16N2O/c25-17-3-6-20(19(26)11-17)30-21-16(12-27)13-28-23-22(21)34-24(31-23)29-18-4-1-15(2-5-18)14-32-7-9-33-10-8-32;1-21-14-20-13-12(22-14)11(7(5-17)6-18-13)19-10-3-2-8(15)4-9(10)16;12-11-3-1-10(2-4-11)9-13-5-7-14-8-6-13/h1-6,11,13H,7-10,14H2,(H2,28,29,30,31);2-4,6H,1H3,(H,18,19);1-4H,5-9,12H2. The van der Waals surface area contributed by atoms with E-state index in [4.69, 9.17) is 61.6 Å². The molecule has 10 rings (SSSR count). The van der Waals surface area contributed by atoms with Gasteiger partial charge in [0, 0.05) is 73.1 Å². The molecule has 8 aromatic rings. The summed E-state index contributed by atoms with van der Waals surface area (Å²) < 4.78 is 13.2. The number of nitrogens with one attached hydrogen (secondary N) is 3. The van der Waals surface area contributed by atoms with Gasteiger partial charge < -0.3 is 31.2 Å². The van der Waals surface area contributed by atoms with E-state index in [0.717, 1.165) is 90.8 Å². The molecule has 70 heavy (non-hydrogen) atoms. The van der Waals surface area contributed by atoms with Crippen molar-refractivity contribution in [3.05, 3.63) is 140 Å². The molecule has 21 heteroatoms. The monoisotopic (exact) mass is 1070 g/mol. The molecule has 0 atom stereocenters. The molecular weight excluding hydrogens is 1030 g/mol. The number of benzene rings is 4. The second-order valence-electron chi connectivity index (χ2n) is 15.7. The minimum absolute atomic E-state index is 0.404. The third-order valence-electron chi connectivity index (χ3n) is 10.8. The first-order valence-electron chi connectivity index (χ1n) is 21.7. The Morgan fingerprint density at radius 1 is 0.643 bits per heavy atom. The Morgan fingerprint density at radius 3 is 1.59 bits per heavy atom. The van der Waals surface area contributed by atoms with Crippen LogP contribution in [0.25, 0.3) is 20.7 Å². The maximum Gasteiger partial charge on any atom is 0.189 e. The lowest BCUT2D eigenvalue weighted by Gasteiger charge is -2.26. The van der Waals surface area contributed by atoms with Crippen molar-refractivity contribution in [3.8, 4) is 12.1 Å². The molecule has 0 spiro atoms. The van der Waals surface area contributed by atoms with Gasteiger partial charge in [-0.3, -0.25) is 9.80 Å². The highest BCUT2D eigenvalue weighted by atomic mass is 35.5. The van der Waals surface area contributed by atoms with E-state index in [2.05, 4.69) is 82.1 Å². The number of nitrogens with zero attached hydrogens (tertiary/aromatic N) is 8. The molecule has 0 saturated carbocycles. The highest BCUT2D eigenvalue weighted by Crippen LogP contribution is 2.39. The van der Waals surface area contributed by atoms with Gasteiger partial charge in [-0.25, -0.2) is 15.0 Å². The second kappa shape index (κ2) is 24.6. The summed E-state index contributed by atoms with van der Waals surface area (Å²) in [5.41, 5.74) is 14.6. The van der Waals surface area contributed by atoms with Crippen LogP contribution < -0.4 is 21.7 Å². The lowest BCUT2D eigenvalue weighted by Crippen LogP contribution is -2.35. The number of hydrogen-bond donors (Lipinski definition) is 4. The number of fused-ring (bicyclic) bond motifs is 2. The Labute approximate surface area is 437 Å². The minimum atomic E-state index is 0.404. The Morgan fingerprint density at radius 2 is 1.11 bits per heavy atom. The van der Waals surface area contributed by atoms with Crippen LogP contribution in [-0.2, 0) is 22.6 Å². The molecule has 358 valence electrons. The normalized spacial score (nSPS) is 13.9. The molecule has 2 saturated heterocycles. The number of ether oxygens (including phenoxy) is 2. The summed E-state index contributed by atoms with van der Waals surface area (Å²) in [5.74, 6) is 0. The fourth-order valence-electron chi connectivity index (χ4n) is 7.22. The molecule has 2 fully saturated rings. The number of pyridine rings is 2. The summed E-state index contributed by atoms with van der Waals surface area (Å²) >= 11 is 28.9. The van der Waals surface area contributed by atoms with E-state index in [-0.39, 0.29) is 0 Å². The lowest BCUT2D eigenvalue weighted by molar-refractivity contribution is 0.0341. The van der Waals surface area contributed by atoms with Crippen LogP contribution in [0.4, 0.5) is 39.3 Å². The Hall–Kier alpha value is -5.51. The average Bonchev–Trinajstić information content (AvgIpc) is 4.00. The highest BCUT2D eigenvalue weighted by molar-refractivity contribution is 8.00. The average molecular weight is 1070 g/mol. The van der Waals surface area contributed by atoms with Gasteiger partial charge >= 0.3 is 0 Å². The van der Waals surface area contributed by atoms with Gasteiger partial charge in [0.25, 0.3) is 0 Å². The fourth-order valence-corrected chi connectivity index (χ4v) is 10.6. The van der Waals surface area contributed by atoms with E-state index >= 15 is 0 Å². The van der Waals surface area contributed by atoms with Crippen LogP contribution in [0, 0.1) is 22.7 Å². The summed E-state index contributed by atoms with van der Waals surface area (Å²) in [7, 11) is 0. The van der Waals surface area contributed by atoms with E-state index in [0.29, 0.717) is 70.4 Å². The largest absolute Gasteiger partial charge is 0.399 e. The maximum absolute atomic E-state index is 9.63. The van der Waals surface area contributed by atoms with Gasteiger partial charge in [0.05, 0.1) is 75.0 Å². The first kappa shape index (κ1) is 50.9. The molecule has 6 heterocycles. The molecule has 14 nitrogen and oxygen atoms in total. The van der Waals surface area contributed by atoms with Crippen molar-refractivity contribution in [2.24, 2.45) is 0 Å². The van der Waals surface area contributed by atoms with Crippen LogP contribution >= 0.6 is 80.8 Å². The highest BCUT2D eigenvalue weighted by Gasteiger charge is 2.18. The van der Waals surface area contributed by atoms with Crippen molar-refractivity contribution in [2.45, 2.75) is 17.4 Å². The maximum atomic E-state index is 9.63. The number of thiazole rings is 2. The van der Waals surface area contributed by atoms with Gasteiger partial charge in [-0.15, -0.1) is 11.3 Å². The molecular formula is C49H44Cl4N12O2S3. The van der Waals surface area contributed by atoms with Crippen molar-refractivity contribution in [2.75, 3.05) is 80.5 Å². The van der Waals surface area contributed by atoms with Crippen LogP contribution in [0.1, 0.15) is 22.3 Å². The van der Waals surface area contributed by atoms with E-state index < -0.39 is 0 Å². The number of hydrogen-bond acceptors (Lipinski definition) is 17. The minimum Gasteiger partial charge on any atom is -0.399 e. The zero-order valence-electron chi connectivity index (χ0n) is 37.5. The number of anilines is 7. The SMILES string of the molecule is CSc1nc2ncc(C#N)c(Nc3ccc(Cl)cc3Cl)c2s1.N#Cc1cnc2nc(Nc3ccc(CN4CCOCC4)cc3)sc2c1Nc1ccc(Cl)cc1Cl.Nc1ccc(CN2CCOCC2)cc1. The van der Waals surface area contributed by atoms with Crippen LogP contribution in [0.2, 0.25) is 20.1 Å². The molecule has 0 aliphatic carbocycles.